The monoisotopic (exact) mass is 1220 g/mol. The first-order valence-corrected chi connectivity index (χ1v) is 36.4. The Bertz CT molecular complexity index is 1750. The number of unbranched alkanes of at least 4 members (excludes halogenated alkanes) is 36. The minimum absolute atomic E-state index is 0.183. The van der Waals surface area contributed by atoms with Crippen LogP contribution in [0.4, 0.5) is 0 Å². The fraction of sp³-hybridized carbons (Fsp3) is 0.756. The van der Waals surface area contributed by atoms with Gasteiger partial charge in [0.15, 0.2) is 6.10 Å². The highest BCUT2D eigenvalue weighted by Crippen LogP contribution is 2.18. The third-order valence-electron chi connectivity index (χ3n) is 15.8. The van der Waals surface area contributed by atoms with E-state index in [-0.39, 0.29) is 32.2 Å². The van der Waals surface area contributed by atoms with Crippen molar-refractivity contribution in [1.29, 1.82) is 0 Å². The van der Waals surface area contributed by atoms with Crippen LogP contribution in [-0.2, 0) is 33.3 Å². The SMILES string of the molecule is CC/C=C\C/C=C\C/C=C\C/C=C\C/C=C\CCCCCCCCCC(=O)OC(COC(=O)CCCCCCCCCCCCCCCCCCCCCCCCCC/C=C\C/C=C\C/C=C\CCCCCCC)COC(OCC[N+](C)(C)C)C(=O)O. The van der Waals surface area contributed by atoms with Crippen LogP contribution in [0, 0.1) is 0 Å². The molecule has 0 spiro atoms. The van der Waals surface area contributed by atoms with Crippen LogP contribution >= 0.6 is 0 Å². The third-order valence-corrected chi connectivity index (χ3v) is 15.8. The molecule has 0 radical (unpaired) electrons. The number of hydrogen-bond acceptors (Lipinski definition) is 7. The van der Waals surface area contributed by atoms with Gasteiger partial charge in [0.2, 0.25) is 0 Å². The average molecular weight is 1220 g/mol. The average Bonchev–Trinajstić information content (AvgIpc) is 3.50. The molecule has 0 aliphatic rings. The van der Waals surface area contributed by atoms with E-state index in [0.29, 0.717) is 23.9 Å². The maximum absolute atomic E-state index is 12.9. The van der Waals surface area contributed by atoms with Gasteiger partial charge in [-0.1, -0.05) is 310 Å². The number of carboxylic acids is 1. The molecule has 0 heterocycles. The normalized spacial score (nSPS) is 13.3. The maximum Gasteiger partial charge on any atom is 0.361 e. The first kappa shape index (κ1) is 83.2. The summed E-state index contributed by atoms with van der Waals surface area (Å²) in [6.45, 7) is 4.77. The van der Waals surface area contributed by atoms with Crippen LogP contribution in [0.15, 0.2) is 97.2 Å². The first-order chi connectivity index (χ1) is 42.6. The quantitative estimate of drug-likeness (QED) is 0.0211. The number of aliphatic carboxylic acids is 1. The van der Waals surface area contributed by atoms with Crippen LogP contribution in [0.5, 0.6) is 0 Å². The molecule has 0 aliphatic heterocycles. The van der Waals surface area contributed by atoms with Crippen LogP contribution < -0.4 is 0 Å². The zero-order valence-corrected chi connectivity index (χ0v) is 57.4. The van der Waals surface area contributed by atoms with Crippen molar-refractivity contribution in [2.45, 2.75) is 334 Å². The number of carboxylic acid groups (broad SMARTS) is 1. The molecule has 2 unspecified atom stereocenters. The summed E-state index contributed by atoms with van der Waals surface area (Å²) in [5.74, 6) is -2.01. The molecule has 0 amide bonds. The summed E-state index contributed by atoms with van der Waals surface area (Å²) in [6.07, 6.45) is 91.1. The Hall–Kier alpha value is -3.79. The Morgan fingerprint density at radius 2 is 0.655 bits per heavy atom. The Labute approximate surface area is 537 Å². The summed E-state index contributed by atoms with van der Waals surface area (Å²) in [5, 5.41) is 9.74. The summed E-state index contributed by atoms with van der Waals surface area (Å²) in [5.41, 5.74) is 0. The smallest absolute Gasteiger partial charge is 0.361 e. The zero-order valence-electron chi connectivity index (χ0n) is 57.4. The Morgan fingerprint density at radius 1 is 0.356 bits per heavy atom. The minimum atomic E-state index is -1.52. The van der Waals surface area contributed by atoms with Crippen molar-refractivity contribution in [3.8, 4) is 0 Å². The predicted molar refractivity (Wildman–Crippen MR) is 373 cm³/mol. The third kappa shape index (κ3) is 69.5. The Morgan fingerprint density at radius 3 is 0.977 bits per heavy atom. The van der Waals surface area contributed by atoms with Crippen molar-refractivity contribution >= 4 is 17.9 Å². The van der Waals surface area contributed by atoms with E-state index in [1.807, 2.05) is 21.1 Å². The number of likely N-dealkylation sites (N-methyl/N-ethyl adjacent to an activating group) is 1. The molecule has 0 aromatic carbocycles. The van der Waals surface area contributed by atoms with Crippen molar-refractivity contribution in [2.24, 2.45) is 0 Å². The zero-order chi connectivity index (χ0) is 63.3. The van der Waals surface area contributed by atoms with Gasteiger partial charge in [-0.2, -0.15) is 0 Å². The Kier molecular flexibility index (Phi) is 65.2. The van der Waals surface area contributed by atoms with E-state index in [9.17, 15) is 19.5 Å². The predicted octanol–water partition coefficient (Wildman–Crippen LogP) is 22.8. The largest absolute Gasteiger partial charge is 0.477 e. The van der Waals surface area contributed by atoms with Gasteiger partial charge in [-0.25, -0.2) is 4.79 Å². The van der Waals surface area contributed by atoms with Gasteiger partial charge in [0, 0.05) is 12.8 Å². The van der Waals surface area contributed by atoms with Gasteiger partial charge in [-0.05, 0) is 96.3 Å². The number of carbonyl (C=O) groups is 3. The Balaban J connectivity index is 4.02. The van der Waals surface area contributed by atoms with Crippen molar-refractivity contribution in [3.05, 3.63) is 97.2 Å². The van der Waals surface area contributed by atoms with Crippen LogP contribution in [0.25, 0.3) is 0 Å². The molecule has 9 nitrogen and oxygen atoms in total. The molecule has 0 fully saturated rings. The van der Waals surface area contributed by atoms with Crippen LogP contribution in [-0.4, -0.2) is 87.4 Å². The van der Waals surface area contributed by atoms with E-state index in [1.54, 1.807) is 0 Å². The molecule has 87 heavy (non-hydrogen) atoms. The van der Waals surface area contributed by atoms with Gasteiger partial charge < -0.3 is 28.5 Å². The number of esters is 2. The molecular weight excluding hydrogens is 1080 g/mol. The molecule has 0 bridgehead atoms. The van der Waals surface area contributed by atoms with E-state index in [4.69, 9.17) is 18.9 Å². The number of hydrogen-bond donors (Lipinski definition) is 1. The number of rotatable bonds is 67. The second kappa shape index (κ2) is 68.1. The van der Waals surface area contributed by atoms with Crippen molar-refractivity contribution in [3.63, 3.8) is 0 Å². The summed E-state index contributed by atoms with van der Waals surface area (Å²) in [7, 11) is 5.97. The number of allylic oxidation sites excluding steroid dienone is 16. The van der Waals surface area contributed by atoms with E-state index < -0.39 is 24.3 Å². The van der Waals surface area contributed by atoms with Crippen LogP contribution in [0.3, 0.4) is 0 Å². The van der Waals surface area contributed by atoms with Crippen molar-refractivity contribution in [2.75, 3.05) is 47.5 Å². The second-order valence-electron chi connectivity index (χ2n) is 25.5. The molecule has 0 saturated carbocycles. The summed E-state index contributed by atoms with van der Waals surface area (Å²) < 4.78 is 23.0. The van der Waals surface area contributed by atoms with Crippen molar-refractivity contribution in [1.82, 2.24) is 0 Å². The summed E-state index contributed by atoms with van der Waals surface area (Å²) >= 11 is 0. The van der Waals surface area contributed by atoms with Crippen molar-refractivity contribution < 1.29 is 42.9 Å². The van der Waals surface area contributed by atoms with Crippen LogP contribution in [0.2, 0.25) is 0 Å². The molecule has 502 valence electrons. The maximum atomic E-state index is 12.9. The molecule has 0 saturated heterocycles. The van der Waals surface area contributed by atoms with Gasteiger partial charge in [0.25, 0.3) is 6.29 Å². The molecule has 0 aliphatic carbocycles. The molecule has 2 atom stereocenters. The number of ether oxygens (including phenoxy) is 4. The highest BCUT2D eigenvalue weighted by molar-refractivity contribution is 5.71. The molecule has 0 aromatic heterocycles. The highest BCUT2D eigenvalue weighted by atomic mass is 16.7. The van der Waals surface area contributed by atoms with E-state index in [2.05, 4.69) is 111 Å². The van der Waals surface area contributed by atoms with Gasteiger partial charge >= 0.3 is 17.9 Å². The number of quaternary nitrogens is 1. The van der Waals surface area contributed by atoms with E-state index >= 15 is 0 Å². The molecular formula is C78H138NO8+. The highest BCUT2D eigenvalue weighted by Gasteiger charge is 2.25. The lowest BCUT2D eigenvalue weighted by atomic mass is 10.0. The van der Waals surface area contributed by atoms with Gasteiger partial charge in [-0.15, -0.1) is 0 Å². The number of nitrogens with zero attached hydrogens (tertiary/aromatic N) is 1. The van der Waals surface area contributed by atoms with Gasteiger partial charge in [0.05, 0.1) is 34.4 Å². The lowest BCUT2D eigenvalue weighted by Gasteiger charge is -2.25. The lowest BCUT2D eigenvalue weighted by Crippen LogP contribution is -2.40. The van der Waals surface area contributed by atoms with E-state index in [0.717, 1.165) is 89.9 Å². The fourth-order valence-electron chi connectivity index (χ4n) is 10.3. The summed E-state index contributed by atoms with van der Waals surface area (Å²) in [4.78, 5) is 37.6. The van der Waals surface area contributed by atoms with E-state index in [1.165, 1.54) is 199 Å². The van der Waals surface area contributed by atoms with Crippen LogP contribution in [0.1, 0.15) is 322 Å². The topological polar surface area (TPSA) is 108 Å². The standard InChI is InChI=1S/C78H137NO8/c1-6-8-10-12-14-16-18-20-22-24-26-28-30-31-32-33-34-35-36-37-38-39-40-41-42-43-44-45-47-48-50-52-54-56-58-60-62-64-66-68-75(80)85-72-74(73-86-78(77(82)83)84-71-70-79(3,4)5)87-76(81)69-67-65-63-61-59-57-55-53-51-49-46-29-27-25-23-21-19-17-15-13-11-9-7-2/h9,11,15,17-18,20-21,23-24,26-27,29-31,49,51,74,78H,6-8,10,12-14,16,19,22,25,28,32-48,50,52-73H2,1-5H3/p+1/b11-9-,17-15-,20-18-,23-21-,26-24-,29-27-,31-30-,51-49-. The number of carbonyl (C=O) groups excluding carboxylic acids is 2. The lowest BCUT2D eigenvalue weighted by molar-refractivity contribution is -0.870. The van der Waals surface area contributed by atoms with Gasteiger partial charge in [-0.3, -0.25) is 9.59 Å². The fourth-order valence-corrected chi connectivity index (χ4v) is 10.3. The summed E-state index contributed by atoms with van der Waals surface area (Å²) in [6, 6.07) is 0. The molecule has 0 rings (SSSR count). The van der Waals surface area contributed by atoms with Gasteiger partial charge in [0.1, 0.15) is 13.2 Å². The minimum Gasteiger partial charge on any atom is -0.477 e. The molecule has 1 N–H and O–H groups in total. The molecule has 9 heteroatoms. The first-order valence-electron chi connectivity index (χ1n) is 36.4. The molecule has 0 aromatic rings. The second-order valence-corrected chi connectivity index (χ2v) is 25.5.